The van der Waals surface area contributed by atoms with Crippen molar-refractivity contribution in [2.75, 3.05) is 13.1 Å². The van der Waals surface area contributed by atoms with E-state index in [1.165, 1.54) is 23.8 Å². The fourth-order valence-electron chi connectivity index (χ4n) is 3.27. The zero-order valence-corrected chi connectivity index (χ0v) is 13.8. The Morgan fingerprint density at radius 3 is 2.58 bits per heavy atom. The number of hydrogen-bond acceptors (Lipinski definition) is 3. The van der Waals surface area contributed by atoms with Gasteiger partial charge >= 0.3 is 0 Å². The van der Waals surface area contributed by atoms with Crippen molar-refractivity contribution in [3.8, 4) is 0 Å². The van der Waals surface area contributed by atoms with Crippen molar-refractivity contribution in [2.45, 2.75) is 22.6 Å². The smallest absolute Gasteiger partial charge is 0.206 e. The lowest BCUT2D eigenvalue weighted by Crippen LogP contribution is -2.16. The molecule has 0 bridgehead atoms. The summed E-state index contributed by atoms with van der Waals surface area (Å²) in [5, 5.41) is 4.28. The van der Waals surface area contributed by atoms with Crippen molar-refractivity contribution in [1.82, 2.24) is 10.3 Å². The number of aromatic amines is 1. The van der Waals surface area contributed by atoms with Crippen LogP contribution < -0.4 is 5.32 Å². The van der Waals surface area contributed by atoms with E-state index in [0.29, 0.717) is 0 Å². The first kappa shape index (κ1) is 15.4. The maximum atomic E-state index is 13.4. The highest BCUT2D eigenvalue weighted by molar-refractivity contribution is 7.91. The molecule has 24 heavy (non-hydrogen) atoms. The Kier molecular flexibility index (Phi) is 3.66. The Balaban J connectivity index is 1.87. The molecule has 2 heterocycles. The van der Waals surface area contributed by atoms with Crippen molar-refractivity contribution in [3.63, 3.8) is 0 Å². The van der Waals surface area contributed by atoms with E-state index in [1.807, 2.05) is 0 Å². The van der Waals surface area contributed by atoms with Crippen molar-refractivity contribution in [3.05, 3.63) is 59.5 Å². The van der Waals surface area contributed by atoms with Crippen molar-refractivity contribution in [1.29, 1.82) is 0 Å². The average Bonchev–Trinajstić information content (AvgIpc) is 2.75. The molecule has 4 nitrogen and oxygen atoms in total. The number of fused-ring (bicyclic) bond motifs is 3. The number of hydrogen-bond donors (Lipinski definition) is 2. The van der Waals surface area contributed by atoms with E-state index < -0.39 is 15.7 Å². The van der Waals surface area contributed by atoms with Gasteiger partial charge in [0, 0.05) is 29.6 Å². The largest absolute Gasteiger partial charge is 0.358 e. The highest BCUT2D eigenvalue weighted by Gasteiger charge is 2.21. The van der Waals surface area contributed by atoms with Crippen molar-refractivity contribution in [2.24, 2.45) is 0 Å². The van der Waals surface area contributed by atoms with Gasteiger partial charge in [-0.2, -0.15) is 0 Å². The second kappa shape index (κ2) is 5.72. The van der Waals surface area contributed by atoms with Gasteiger partial charge in [0.15, 0.2) is 0 Å². The molecule has 4 rings (SSSR count). The average molecular weight is 344 g/mol. The van der Waals surface area contributed by atoms with E-state index in [-0.39, 0.29) is 9.79 Å². The fraction of sp³-hybridized carbons (Fsp3) is 0.222. The third kappa shape index (κ3) is 2.52. The molecular formula is C18H17FN2O2S. The second-order valence-corrected chi connectivity index (χ2v) is 7.95. The van der Waals surface area contributed by atoms with Crippen LogP contribution in [0.15, 0.2) is 52.3 Å². The molecule has 0 fully saturated rings. The Labute approximate surface area is 139 Å². The summed E-state index contributed by atoms with van der Waals surface area (Å²) < 4.78 is 39.0. The molecule has 3 aromatic rings. The van der Waals surface area contributed by atoms with Gasteiger partial charge in [-0.05, 0) is 54.9 Å². The van der Waals surface area contributed by atoms with Crippen LogP contribution >= 0.6 is 0 Å². The molecule has 124 valence electrons. The molecule has 1 aliphatic rings. The van der Waals surface area contributed by atoms with Gasteiger partial charge in [-0.1, -0.05) is 6.07 Å². The zero-order valence-electron chi connectivity index (χ0n) is 13.0. The van der Waals surface area contributed by atoms with Gasteiger partial charge in [-0.25, -0.2) is 12.8 Å². The summed E-state index contributed by atoms with van der Waals surface area (Å²) in [4.78, 5) is 3.56. The Bertz CT molecular complexity index is 1020. The minimum Gasteiger partial charge on any atom is -0.358 e. The minimum absolute atomic E-state index is 0.0230. The number of rotatable bonds is 2. The van der Waals surface area contributed by atoms with Gasteiger partial charge in [0.1, 0.15) is 5.82 Å². The first-order valence-corrected chi connectivity index (χ1v) is 9.39. The zero-order chi connectivity index (χ0) is 16.7. The van der Waals surface area contributed by atoms with Crippen LogP contribution in [0.1, 0.15) is 11.3 Å². The van der Waals surface area contributed by atoms with Crippen LogP contribution in [0.5, 0.6) is 0 Å². The lowest BCUT2D eigenvalue weighted by molar-refractivity contribution is 0.591. The van der Waals surface area contributed by atoms with Crippen LogP contribution in [0.3, 0.4) is 0 Å². The summed E-state index contributed by atoms with van der Waals surface area (Å²) in [6.07, 6.45) is 1.76. The Morgan fingerprint density at radius 1 is 0.958 bits per heavy atom. The molecule has 0 unspecified atom stereocenters. The lowest BCUT2D eigenvalue weighted by atomic mass is 10.1. The van der Waals surface area contributed by atoms with Gasteiger partial charge in [0.05, 0.1) is 9.79 Å². The predicted octanol–water partition coefficient (Wildman–Crippen LogP) is 2.83. The number of H-pyrrole nitrogens is 1. The molecule has 6 heteroatoms. The standard InChI is InChI=1S/C18H17FN2O2S/c19-12-2-1-3-13(10-12)24(22,23)14-4-5-17-16(11-14)15-6-8-20-9-7-18(15)21-17/h1-5,10-11,20-21H,6-9H2. The van der Waals surface area contributed by atoms with Crippen LogP contribution in [-0.2, 0) is 22.7 Å². The number of sulfone groups is 1. The van der Waals surface area contributed by atoms with Crippen molar-refractivity contribution < 1.29 is 12.8 Å². The Hall–Kier alpha value is -2.18. The molecule has 0 aliphatic carbocycles. The third-order valence-electron chi connectivity index (χ3n) is 4.49. The topological polar surface area (TPSA) is 62.0 Å². The first-order chi connectivity index (χ1) is 11.6. The van der Waals surface area contributed by atoms with Gasteiger partial charge in [-0.3, -0.25) is 0 Å². The highest BCUT2D eigenvalue weighted by Crippen LogP contribution is 2.29. The van der Waals surface area contributed by atoms with E-state index in [0.717, 1.165) is 48.6 Å². The predicted molar refractivity (Wildman–Crippen MR) is 90.4 cm³/mol. The molecule has 1 aromatic heterocycles. The number of halogens is 1. The second-order valence-electron chi connectivity index (χ2n) is 6.00. The summed E-state index contributed by atoms with van der Waals surface area (Å²) >= 11 is 0. The lowest BCUT2D eigenvalue weighted by Gasteiger charge is -2.06. The quantitative estimate of drug-likeness (QED) is 0.751. The van der Waals surface area contributed by atoms with E-state index in [1.54, 1.807) is 18.2 Å². The van der Waals surface area contributed by atoms with Gasteiger partial charge < -0.3 is 10.3 Å². The minimum atomic E-state index is -3.74. The van der Waals surface area contributed by atoms with E-state index in [9.17, 15) is 12.8 Å². The summed E-state index contributed by atoms with van der Waals surface area (Å²) in [7, 11) is -3.74. The fourth-order valence-corrected chi connectivity index (χ4v) is 4.59. The molecule has 0 spiro atoms. The number of nitrogens with one attached hydrogen (secondary N) is 2. The molecule has 2 aromatic carbocycles. The van der Waals surface area contributed by atoms with Crippen LogP contribution in [0.2, 0.25) is 0 Å². The molecule has 1 aliphatic heterocycles. The highest BCUT2D eigenvalue weighted by atomic mass is 32.2. The monoisotopic (exact) mass is 344 g/mol. The molecule has 0 amide bonds. The molecule has 0 saturated heterocycles. The number of aromatic nitrogens is 1. The summed E-state index contributed by atoms with van der Waals surface area (Å²) in [6.45, 7) is 1.79. The van der Waals surface area contributed by atoms with Gasteiger partial charge in [0.2, 0.25) is 9.84 Å². The molecular weight excluding hydrogens is 327 g/mol. The molecule has 0 radical (unpaired) electrons. The van der Waals surface area contributed by atoms with Crippen LogP contribution in [0.4, 0.5) is 4.39 Å². The van der Waals surface area contributed by atoms with Crippen molar-refractivity contribution >= 4 is 20.7 Å². The molecule has 0 atom stereocenters. The van der Waals surface area contributed by atoms with Crippen LogP contribution in [-0.4, -0.2) is 26.5 Å². The van der Waals surface area contributed by atoms with E-state index in [2.05, 4.69) is 10.3 Å². The van der Waals surface area contributed by atoms with E-state index >= 15 is 0 Å². The third-order valence-corrected chi connectivity index (χ3v) is 6.24. The Morgan fingerprint density at radius 2 is 1.75 bits per heavy atom. The van der Waals surface area contributed by atoms with E-state index in [4.69, 9.17) is 0 Å². The first-order valence-electron chi connectivity index (χ1n) is 7.90. The normalized spacial score (nSPS) is 15.2. The molecule has 2 N–H and O–H groups in total. The summed E-state index contributed by atoms with van der Waals surface area (Å²) in [6, 6.07) is 10.2. The number of benzene rings is 2. The summed E-state index contributed by atoms with van der Waals surface area (Å²) in [5.41, 5.74) is 3.28. The maximum Gasteiger partial charge on any atom is 0.206 e. The van der Waals surface area contributed by atoms with Gasteiger partial charge in [0.25, 0.3) is 0 Å². The van der Waals surface area contributed by atoms with Crippen LogP contribution in [0, 0.1) is 5.82 Å². The molecule has 0 saturated carbocycles. The van der Waals surface area contributed by atoms with Crippen LogP contribution in [0.25, 0.3) is 10.9 Å². The SMILES string of the molecule is O=S(=O)(c1cccc(F)c1)c1ccc2[nH]c3c(c2c1)CCNCC3. The van der Waals surface area contributed by atoms with Gasteiger partial charge in [-0.15, -0.1) is 0 Å². The summed E-state index contributed by atoms with van der Waals surface area (Å²) in [5.74, 6) is -0.557. The maximum absolute atomic E-state index is 13.4.